The summed E-state index contributed by atoms with van der Waals surface area (Å²) < 4.78 is 0. The highest BCUT2D eigenvalue weighted by Gasteiger charge is 2.27. The van der Waals surface area contributed by atoms with E-state index in [1.165, 1.54) is 6.42 Å². The van der Waals surface area contributed by atoms with Gasteiger partial charge in [0.1, 0.15) is 0 Å². The molecule has 0 aromatic heterocycles. The van der Waals surface area contributed by atoms with E-state index in [-0.39, 0.29) is 11.9 Å². The maximum absolute atomic E-state index is 12.1. The minimum absolute atomic E-state index is 0.159. The van der Waals surface area contributed by atoms with Gasteiger partial charge in [-0.1, -0.05) is 33.6 Å². The number of rotatable bonds is 4. The van der Waals surface area contributed by atoms with Crippen molar-refractivity contribution in [2.45, 2.75) is 52.5 Å². The van der Waals surface area contributed by atoms with Crippen LogP contribution < -0.4 is 5.73 Å². The number of carbonyl (C=O) groups excluding carboxylic acids is 1. The van der Waals surface area contributed by atoms with Crippen LogP contribution in [0.5, 0.6) is 0 Å². The molecule has 1 aliphatic heterocycles. The van der Waals surface area contributed by atoms with Crippen LogP contribution in [0.4, 0.5) is 0 Å². The first kappa shape index (κ1) is 13.5. The second-order valence-electron chi connectivity index (χ2n) is 5.44. The quantitative estimate of drug-likeness (QED) is 0.797. The molecule has 0 aromatic carbocycles. The van der Waals surface area contributed by atoms with Gasteiger partial charge in [0.2, 0.25) is 5.91 Å². The van der Waals surface area contributed by atoms with Gasteiger partial charge >= 0.3 is 0 Å². The number of hydrogen-bond acceptors (Lipinski definition) is 2. The Bertz CT molecular complexity index is 220. The van der Waals surface area contributed by atoms with E-state index in [4.69, 9.17) is 5.73 Å². The van der Waals surface area contributed by atoms with Crippen molar-refractivity contribution >= 4 is 5.91 Å². The zero-order valence-corrected chi connectivity index (χ0v) is 10.9. The van der Waals surface area contributed by atoms with Gasteiger partial charge in [-0.3, -0.25) is 4.79 Å². The normalized spacial score (nSPS) is 27.9. The Morgan fingerprint density at radius 1 is 1.38 bits per heavy atom. The number of piperidine rings is 1. The number of nitrogens with zero attached hydrogens (tertiary/aromatic N) is 1. The Labute approximate surface area is 99.4 Å². The van der Waals surface area contributed by atoms with Crippen LogP contribution in [0.2, 0.25) is 0 Å². The van der Waals surface area contributed by atoms with E-state index in [0.29, 0.717) is 11.8 Å². The minimum Gasteiger partial charge on any atom is -0.341 e. The molecule has 16 heavy (non-hydrogen) atoms. The van der Waals surface area contributed by atoms with Gasteiger partial charge in [0.15, 0.2) is 0 Å². The summed E-state index contributed by atoms with van der Waals surface area (Å²) in [5.74, 6) is 1.39. The van der Waals surface area contributed by atoms with E-state index < -0.39 is 0 Å². The molecule has 0 saturated carbocycles. The van der Waals surface area contributed by atoms with Gasteiger partial charge in [0.05, 0.1) is 6.04 Å². The van der Waals surface area contributed by atoms with Gasteiger partial charge in [-0.05, 0) is 24.7 Å². The monoisotopic (exact) mass is 226 g/mol. The van der Waals surface area contributed by atoms with Gasteiger partial charge in [-0.25, -0.2) is 0 Å². The molecule has 1 amide bonds. The van der Waals surface area contributed by atoms with Crippen LogP contribution in [0.3, 0.4) is 0 Å². The molecule has 1 saturated heterocycles. The molecule has 1 heterocycles. The zero-order valence-electron chi connectivity index (χ0n) is 10.9. The lowest BCUT2D eigenvalue weighted by Gasteiger charge is -2.36. The fraction of sp³-hybridized carbons (Fsp3) is 0.923. The highest BCUT2D eigenvalue weighted by Crippen LogP contribution is 2.21. The lowest BCUT2D eigenvalue weighted by atomic mass is 9.91. The Morgan fingerprint density at radius 3 is 2.44 bits per heavy atom. The van der Waals surface area contributed by atoms with Crippen LogP contribution in [0.1, 0.15) is 46.5 Å². The Kier molecular flexibility index (Phi) is 5.26. The van der Waals surface area contributed by atoms with E-state index in [0.717, 1.165) is 32.4 Å². The maximum Gasteiger partial charge on any atom is 0.239 e. The van der Waals surface area contributed by atoms with Crippen molar-refractivity contribution in [3.05, 3.63) is 0 Å². The fourth-order valence-electron chi connectivity index (χ4n) is 2.62. The summed E-state index contributed by atoms with van der Waals surface area (Å²) in [6, 6.07) is -0.280. The minimum atomic E-state index is -0.280. The number of amides is 1. The van der Waals surface area contributed by atoms with Crippen LogP contribution in [0.25, 0.3) is 0 Å². The molecule has 1 fully saturated rings. The SMILES string of the molecule is CCCCC(N)C(=O)N1CC(C)CC(C)C1. The molecule has 0 bridgehead atoms. The van der Waals surface area contributed by atoms with Crippen molar-refractivity contribution in [3.8, 4) is 0 Å². The molecule has 2 N–H and O–H groups in total. The molecule has 94 valence electrons. The molecular formula is C13H26N2O. The van der Waals surface area contributed by atoms with Gasteiger partial charge in [-0.2, -0.15) is 0 Å². The first-order valence-electron chi connectivity index (χ1n) is 6.59. The van der Waals surface area contributed by atoms with Crippen molar-refractivity contribution < 1.29 is 4.79 Å². The summed E-state index contributed by atoms with van der Waals surface area (Å²) in [7, 11) is 0. The summed E-state index contributed by atoms with van der Waals surface area (Å²) in [4.78, 5) is 14.1. The third-order valence-corrected chi connectivity index (χ3v) is 3.37. The van der Waals surface area contributed by atoms with Crippen molar-refractivity contribution in [3.63, 3.8) is 0 Å². The van der Waals surface area contributed by atoms with Crippen molar-refractivity contribution in [2.24, 2.45) is 17.6 Å². The molecule has 3 heteroatoms. The summed E-state index contributed by atoms with van der Waals surface area (Å²) >= 11 is 0. The largest absolute Gasteiger partial charge is 0.341 e. The highest BCUT2D eigenvalue weighted by atomic mass is 16.2. The van der Waals surface area contributed by atoms with E-state index >= 15 is 0 Å². The van der Waals surface area contributed by atoms with Crippen LogP contribution in [0, 0.1) is 11.8 Å². The smallest absolute Gasteiger partial charge is 0.239 e. The average molecular weight is 226 g/mol. The van der Waals surface area contributed by atoms with Crippen molar-refractivity contribution in [1.82, 2.24) is 4.90 Å². The Balaban J connectivity index is 2.45. The van der Waals surface area contributed by atoms with Crippen LogP contribution in [-0.4, -0.2) is 29.9 Å². The van der Waals surface area contributed by atoms with Crippen molar-refractivity contribution in [2.75, 3.05) is 13.1 Å². The first-order valence-corrected chi connectivity index (χ1v) is 6.59. The van der Waals surface area contributed by atoms with Gasteiger partial charge in [-0.15, -0.1) is 0 Å². The lowest BCUT2D eigenvalue weighted by Crippen LogP contribution is -2.49. The number of unbranched alkanes of at least 4 members (excludes halogenated alkanes) is 1. The predicted octanol–water partition coefficient (Wildman–Crippen LogP) is 2.01. The summed E-state index contributed by atoms with van der Waals surface area (Å²) in [6.45, 7) is 8.34. The maximum atomic E-state index is 12.1. The average Bonchev–Trinajstić information content (AvgIpc) is 2.23. The van der Waals surface area contributed by atoms with Crippen LogP contribution in [0.15, 0.2) is 0 Å². The molecule has 3 unspecified atom stereocenters. The molecule has 0 aliphatic carbocycles. The highest BCUT2D eigenvalue weighted by molar-refractivity contribution is 5.81. The first-order chi connectivity index (χ1) is 7.54. The third kappa shape index (κ3) is 3.78. The molecule has 0 radical (unpaired) electrons. The summed E-state index contributed by atoms with van der Waals surface area (Å²) in [6.07, 6.45) is 4.21. The molecule has 1 aliphatic rings. The Morgan fingerprint density at radius 2 is 1.94 bits per heavy atom. The van der Waals surface area contributed by atoms with Crippen LogP contribution >= 0.6 is 0 Å². The molecular weight excluding hydrogens is 200 g/mol. The number of likely N-dealkylation sites (tertiary alicyclic amines) is 1. The molecule has 0 spiro atoms. The number of nitrogens with two attached hydrogens (primary N) is 1. The van der Waals surface area contributed by atoms with E-state index in [2.05, 4.69) is 20.8 Å². The van der Waals surface area contributed by atoms with Gasteiger partial charge < -0.3 is 10.6 Å². The molecule has 1 rings (SSSR count). The van der Waals surface area contributed by atoms with E-state index in [9.17, 15) is 4.79 Å². The second kappa shape index (κ2) is 6.24. The number of carbonyl (C=O) groups is 1. The molecule has 3 nitrogen and oxygen atoms in total. The molecule has 3 atom stereocenters. The predicted molar refractivity (Wildman–Crippen MR) is 67.0 cm³/mol. The van der Waals surface area contributed by atoms with Gasteiger partial charge in [0, 0.05) is 13.1 Å². The Hall–Kier alpha value is -0.570. The fourth-order valence-corrected chi connectivity index (χ4v) is 2.62. The molecule has 0 aromatic rings. The van der Waals surface area contributed by atoms with Crippen LogP contribution in [-0.2, 0) is 4.79 Å². The summed E-state index contributed by atoms with van der Waals surface area (Å²) in [5, 5.41) is 0. The topological polar surface area (TPSA) is 46.3 Å². The van der Waals surface area contributed by atoms with E-state index in [1.807, 2.05) is 4.90 Å². The standard InChI is InChI=1S/C13H26N2O/c1-4-5-6-12(14)13(16)15-8-10(2)7-11(3)9-15/h10-12H,4-9,14H2,1-3H3. The zero-order chi connectivity index (χ0) is 12.1. The lowest BCUT2D eigenvalue weighted by molar-refractivity contribution is -0.135. The third-order valence-electron chi connectivity index (χ3n) is 3.37. The van der Waals surface area contributed by atoms with Crippen molar-refractivity contribution in [1.29, 1.82) is 0 Å². The summed E-state index contributed by atoms with van der Waals surface area (Å²) in [5.41, 5.74) is 5.93. The van der Waals surface area contributed by atoms with E-state index in [1.54, 1.807) is 0 Å². The number of hydrogen-bond donors (Lipinski definition) is 1. The second-order valence-corrected chi connectivity index (χ2v) is 5.44. The van der Waals surface area contributed by atoms with Gasteiger partial charge in [0.25, 0.3) is 0 Å².